The maximum atomic E-state index is 11.8. The first kappa shape index (κ1) is 16.6. The molecule has 2 N–H and O–H groups in total. The Morgan fingerprint density at radius 1 is 1.21 bits per heavy atom. The molecule has 1 atom stereocenters. The zero-order valence-electron chi connectivity index (χ0n) is 14.4. The molecule has 1 saturated heterocycles. The molecule has 1 aliphatic heterocycles. The summed E-state index contributed by atoms with van der Waals surface area (Å²) in [4.78, 5) is 4.16. The molecule has 1 aliphatic rings. The van der Waals surface area contributed by atoms with E-state index in [0.29, 0.717) is 30.1 Å². The van der Waals surface area contributed by atoms with E-state index in [9.17, 15) is 10.4 Å². The first-order valence-corrected chi connectivity index (χ1v) is 8.30. The number of benzene rings is 1. The highest BCUT2D eigenvalue weighted by Crippen LogP contribution is 2.47. The Balaban J connectivity index is 2.14. The van der Waals surface area contributed by atoms with Gasteiger partial charge >= 0.3 is 0 Å². The Morgan fingerprint density at radius 2 is 1.88 bits per heavy atom. The lowest BCUT2D eigenvalue weighted by Crippen LogP contribution is -2.63. The van der Waals surface area contributed by atoms with Crippen molar-refractivity contribution in [3.63, 3.8) is 0 Å². The van der Waals surface area contributed by atoms with Gasteiger partial charge < -0.3 is 10.4 Å². The normalized spacial score (nSPS) is 18.5. The van der Waals surface area contributed by atoms with Gasteiger partial charge in [0.1, 0.15) is 11.7 Å². The molecule has 0 unspecified atom stereocenters. The average molecular weight is 321 g/mol. The summed E-state index contributed by atoms with van der Waals surface area (Å²) in [6, 6.07) is 12.0. The van der Waals surface area contributed by atoms with Gasteiger partial charge in [-0.1, -0.05) is 45.0 Å². The van der Waals surface area contributed by atoms with Gasteiger partial charge in [0.05, 0.1) is 5.56 Å². The van der Waals surface area contributed by atoms with Crippen molar-refractivity contribution < 1.29 is 5.11 Å². The fourth-order valence-electron chi connectivity index (χ4n) is 3.43. The minimum atomic E-state index is -1.19. The lowest BCUT2D eigenvalue weighted by molar-refractivity contribution is -0.0769. The predicted octanol–water partition coefficient (Wildman–Crippen LogP) is 2.92. The van der Waals surface area contributed by atoms with Crippen molar-refractivity contribution in [2.45, 2.75) is 32.3 Å². The number of aliphatic hydroxyl groups is 1. The smallest absolute Gasteiger partial charge is 0.124 e. The summed E-state index contributed by atoms with van der Waals surface area (Å²) in [5.74, 6) is 0.441. The zero-order valence-corrected chi connectivity index (χ0v) is 14.4. The van der Waals surface area contributed by atoms with Crippen LogP contribution in [-0.4, -0.2) is 23.2 Å². The Morgan fingerprint density at radius 3 is 2.38 bits per heavy atom. The highest BCUT2D eigenvalue weighted by molar-refractivity contribution is 5.43. The molecule has 1 fully saturated rings. The highest BCUT2D eigenvalue weighted by Gasteiger charge is 2.53. The molecule has 0 spiro atoms. The number of nitriles is 1. The Hall–Kier alpha value is -2.22. The molecule has 0 radical (unpaired) electrons. The van der Waals surface area contributed by atoms with Gasteiger partial charge in [-0.05, 0) is 23.1 Å². The van der Waals surface area contributed by atoms with E-state index in [2.05, 4.69) is 49.3 Å². The molecule has 3 rings (SSSR count). The molecule has 0 amide bonds. The number of pyridine rings is 1. The van der Waals surface area contributed by atoms with Crippen molar-refractivity contribution in [1.29, 1.82) is 5.26 Å². The molecule has 1 aromatic heterocycles. The van der Waals surface area contributed by atoms with Crippen molar-refractivity contribution >= 4 is 0 Å². The maximum absolute atomic E-state index is 11.8. The number of nitrogens with one attached hydrogen (secondary N) is 1. The van der Waals surface area contributed by atoms with Crippen LogP contribution in [-0.2, 0) is 5.60 Å². The van der Waals surface area contributed by atoms with Crippen molar-refractivity contribution in [3.8, 4) is 6.07 Å². The van der Waals surface area contributed by atoms with Crippen LogP contribution in [0.2, 0.25) is 0 Å². The van der Waals surface area contributed by atoms with Crippen LogP contribution < -0.4 is 5.32 Å². The molecule has 2 aromatic rings. The summed E-state index contributed by atoms with van der Waals surface area (Å²) < 4.78 is 0. The fourth-order valence-corrected chi connectivity index (χ4v) is 3.43. The molecule has 24 heavy (non-hydrogen) atoms. The van der Waals surface area contributed by atoms with E-state index in [1.54, 1.807) is 12.3 Å². The summed E-state index contributed by atoms with van der Waals surface area (Å²) in [5.41, 5.74) is 1.67. The van der Waals surface area contributed by atoms with Gasteiger partial charge in [-0.25, -0.2) is 0 Å². The third-order valence-corrected chi connectivity index (χ3v) is 5.18. The van der Waals surface area contributed by atoms with E-state index in [4.69, 9.17) is 0 Å². The van der Waals surface area contributed by atoms with Gasteiger partial charge in [0, 0.05) is 36.5 Å². The molecule has 1 aromatic carbocycles. The molecule has 4 nitrogen and oxygen atoms in total. The van der Waals surface area contributed by atoms with Crippen LogP contribution in [0.5, 0.6) is 0 Å². The van der Waals surface area contributed by atoms with Crippen LogP contribution >= 0.6 is 0 Å². The van der Waals surface area contributed by atoms with Gasteiger partial charge in [0.25, 0.3) is 0 Å². The van der Waals surface area contributed by atoms with Crippen LogP contribution in [0.15, 0.2) is 42.7 Å². The molecular formula is C20H23N3O. The number of hydrogen-bond acceptors (Lipinski definition) is 4. The zero-order chi connectivity index (χ0) is 17.4. The van der Waals surface area contributed by atoms with Gasteiger partial charge in [-0.3, -0.25) is 4.98 Å². The standard InChI is InChI=1S/C20H23N3O/c1-14(2)16-4-6-17(7-5-16)20(24,19(3)12-23-13-19)18-8-15(9-21)10-22-11-18/h4-8,10-11,14,23-24H,12-13H2,1-3H3/t20-/m0/s1. The largest absolute Gasteiger partial charge is 0.380 e. The van der Waals surface area contributed by atoms with Crippen LogP contribution in [0.1, 0.15) is 48.9 Å². The van der Waals surface area contributed by atoms with Gasteiger partial charge in [0.15, 0.2) is 0 Å². The highest BCUT2D eigenvalue weighted by atomic mass is 16.3. The molecule has 0 bridgehead atoms. The third kappa shape index (κ3) is 2.50. The van der Waals surface area contributed by atoms with Crippen LogP contribution in [0, 0.1) is 16.7 Å². The molecule has 124 valence electrons. The SMILES string of the molecule is CC(C)c1ccc([C@](O)(c2cncc(C#N)c2)C2(C)CNC2)cc1. The van der Waals surface area contributed by atoms with Crippen LogP contribution in [0.3, 0.4) is 0 Å². The maximum Gasteiger partial charge on any atom is 0.124 e. The lowest BCUT2D eigenvalue weighted by Gasteiger charge is -2.52. The minimum Gasteiger partial charge on any atom is -0.380 e. The van der Waals surface area contributed by atoms with Crippen LogP contribution in [0.25, 0.3) is 0 Å². The van der Waals surface area contributed by atoms with E-state index in [1.807, 2.05) is 12.1 Å². The number of aromatic nitrogens is 1. The topological polar surface area (TPSA) is 68.9 Å². The minimum absolute atomic E-state index is 0.345. The first-order chi connectivity index (χ1) is 11.4. The molecular weight excluding hydrogens is 298 g/mol. The monoisotopic (exact) mass is 321 g/mol. The summed E-state index contributed by atoms with van der Waals surface area (Å²) >= 11 is 0. The second-order valence-corrected chi connectivity index (χ2v) is 7.23. The van der Waals surface area contributed by atoms with E-state index >= 15 is 0 Å². The van der Waals surface area contributed by atoms with Crippen LogP contribution in [0.4, 0.5) is 0 Å². The third-order valence-electron chi connectivity index (χ3n) is 5.18. The molecule has 0 aliphatic carbocycles. The van der Waals surface area contributed by atoms with E-state index in [-0.39, 0.29) is 5.41 Å². The Kier molecular flexibility index (Phi) is 4.16. The Bertz CT molecular complexity index is 772. The first-order valence-electron chi connectivity index (χ1n) is 8.30. The van der Waals surface area contributed by atoms with Gasteiger partial charge in [-0.15, -0.1) is 0 Å². The quantitative estimate of drug-likeness (QED) is 0.908. The van der Waals surface area contributed by atoms with Crippen molar-refractivity contribution in [2.24, 2.45) is 5.41 Å². The predicted molar refractivity (Wildman–Crippen MR) is 93.5 cm³/mol. The lowest BCUT2D eigenvalue weighted by atomic mass is 9.63. The van der Waals surface area contributed by atoms with E-state index in [1.165, 1.54) is 11.8 Å². The summed E-state index contributed by atoms with van der Waals surface area (Å²) in [7, 11) is 0. The van der Waals surface area contributed by atoms with Crippen molar-refractivity contribution in [3.05, 3.63) is 65.0 Å². The second-order valence-electron chi connectivity index (χ2n) is 7.23. The van der Waals surface area contributed by atoms with E-state index in [0.717, 1.165) is 5.56 Å². The molecule has 2 heterocycles. The van der Waals surface area contributed by atoms with Gasteiger partial charge in [-0.2, -0.15) is 5.26 Å². The number of nitrogens with zero attached hydrogens (tertiary/aromatic N) is 2. The average Bonchev–Trinajstić information content (AvgIpc) is 2.59. The molecule has 4 heteroatoms. The fraction of sp³-hybridized carbons (Fsp3) is 0.400. The van der Waals surface area contributed by atoms with Crippen molar-refractivity contribution in [1.82, 2.24) is 10.3 Å². The van der Waals surface area contributed by atoms with Gasteiger partial charge in [0.2, 0.25) is 0 Å². The number of rotatable bonds is 4. The summed E-state index contributed by atoms with van der Waals surface area (Å²) in [5, 5.41) is 24.2. The molecule has 0 saturated carbocycles. The Labute approximate surface area is 143 Å². The second kappa shape index (κ2) is 6.01. The number of hydrogen-bond donors (Lipinski definition) is 2. The van der Waals surface area contributed by atoms with E-state index < -0.39 is 5.60 Å². The summed E-state index contributed by atoms with van der Waals surface area (Å²) in [6.45, 7) is 7.80. The summed E-state index contributed by atoms with van der Waals surface area (Å²) in [6.07, 6.45) is 3.19. The van der Waals surface area contributed by atoms with Crippen molar-refractivity contribution in [2.75, 3.05) is 13.1 Å².